The van der Waals surface area contributed by atoms with Crippen LogP contribution in [0.3, 0.4) is 0 Å². The van der Waals surface area contributed by atoms with Crippen LogP contribution in [0.1, 0.15) is 40.5 Å². The zero-order valence-electron chi connectivity index (χ0n) is 16.0. The number of aliphatic hydroxyl groups is 1. The molecule has 2 amide bonds. The Labute approximate surface area is 151 Å². The van der Waals surface area contributed by atoms with E-state index in [1.54, 1.807) is 0 Å². The molecule has 1 fully saturated rings. The third-order valence-electron chi connectivity index (χ3n) is 5.09. The van der Waals surface area contributed by atoms with Crippen LogP contribution < -0.4 is 15.5 Å². The number of urea groups is 1. The molecule has 1 aliphatic rings. The van der Waals surface area contributed by atoms with Crippen molar-refractivity contribution in [3.8, 4) is 0 Å². The maximum atomic E-state index is 12.2. The number of anilines is 1. The zero-order chi connectivity index (χ0) is 18.4. The predicted molar refractivity (Wildman–Crippen MR) is 103 cm³/mol. The molecule has 0 aliphatic carbocycles. The fourth-order valence-electron chi connectivity index (χ4n) is 3.47. The van der Waals surface area contributed by atoms with Crippen LogP contribution in [-0.2, 0) is 0 Å². The number of benzene rings is 1. The molecule has 0 bridgehead atoms. The summed E-state index contributed by atoms with van der Waals surface area (Å²) >= 11 is 0. The molecule has 3 N–H and O–H groups in total. The molecule has 5 heteroatoms. The van der Waals surface area contributed by atoms with Crippen LogP contribution in [0.15, 0.2) is 30.3 Å². The van der Waals surface area contributed by atoms with Crippen LogP contribution in [0.5, 0.6) is 0 Å². The van der Waals surface area contributed by atoms with Gasteiger partial charge in [0.05, 0.1) is 6.10 Å². The number of nitrogens with one attached hydrogen (secondary N) is 2. The van der Waals surface area contributed by atoms with E-state index in [0.29, 0.717) is 6.54 Å². The topological polar surface area (TPSA) is 64.6 Å². The molecular weight excluding hydrogens is 314 g/mol. The van der Waals surface area contributed by atoms with E-state index in [1.165, 1.54) is 5.69 Å². The van der Waals surface area contributed by atoms with E-state index in [0.717, 1.165) is 25.9 Å². The second kappa shape index (κ2) is 8.56. The van der Waals surface area contributed by atoms with Crippen molar-refractivity contribution in [1.82, 2.24) is 10.6 Å². The summed E-state index contributed by atoms with van der Waals surface area (Å²) in [5.41, 5.74) is 0.900. The van der Waals surface area contributed by atoms with E-state index in [-0.39, 0.29) is 23.4 Å². The third kappa shape index (κ3) is 5.63. The standard InChI is InChI=1S/C20H33N3O2/c1-15(2)18(24)20(3,4)14-21-19(25)22-16-10-12-23(13-11-16)17-8-6-5-7-9-17/h5-9,15-16,18,24H,10-14H2,1-4H3,(H2,21,22,25)/t18-/m1/s1. The lowest BCUT2D eigenvalue weighted by Crippen LogP contribution is -2.51. The first-order valence-corrected chi connectivity index (χ1v) is 9.32. The smallest absolute Gasteiger partial charge is 0.315 e. The fraction of sp³-hybridized carbons (Fsp3) is 0.650. The van der Waals surface area contributed by atoms with E-state index in [1.807, 2.05) is 33.8 Å². The number of carbonyl (C=O) groups is 1. The Morgan fingerprint density at radius 2 is 1.84 bits per heavy atom. The predicted octanol–water partition coefficient (Wildman–Crippen LogP) is 3.00. The molecule has 1 saturated heterocycles. The molecule has 1 atom stereocenters. The highest BCUT2D eigenvalue weighted by molar-refractivity contribution is 5.74. The van der Waals surface area contributed by atoms with Gasteiger partial charge in [0.25, 0.3) is 0 Å². The first kappa shape index (κ1) is 19.6. The van der Waals surface area contributed by atoms with Crippen LogP contribution in [0.25, 0.3) is 0 Å². The Hall–Kier alpha value is -1.75. The van der Waals surface area contributed by atoms with Gasteiger partial charge in [-0.15, -0.1) is 0 Å². The molecule has 1 aliphatic heterocycles. The number of hydrogen-bond donors (Lipinski definition) is 3. The highest BCUT2D eigenvalue weighted by atomic mass is 16.3. The van der Waals surface area contributed by atoms with Gasteiger partial charge in [-0.2, -0.15) is 0 Å². The number of rotatable bonds is 6. The first-order chi connectivity index (χ1) is 11.8. The highest BCUT2D eigenvalue weighted by Crippen LogP contribution is 2.25. The van der Waals surface area contributed by atoms with Crippen molar-refractivity contribution in [3.05, 3.63) is 30.3 Å². The number of para-hydroxylation sites is 1. The number of nitrogens with zero attached hydrogens (tertiary/aromatic N) is 1. The molecule has 1 aromatic carbocycles. The van der Waals surface area contributed by atoms with Gasteiger partial charge in [-0.25, -0.2) is 4.79 Å². The van der Waals surface area contributed by atoms with Gasteiger partial charge < -0.3 is 20.6 Å². The molecule has 1 aromatic rings. The molecule has 0 spiro atoms. The van der Waals surface area contributed by atoms with Crippen LogP contribution in [0.2, 0.25) is 0 Å². The second-order valence-corrected chi connectivity index (χ2v) is 8.10. The number of carbonyl (C=O) groups excluding carboxylic acids is 1. The van der Waals surface area contributed by atoms with Crippen LogP contribution in [0.4, 0.5) is 10.5 Å². The molecular formula is C20H33N3O2. The zero-order valence-corrected chi connectivity index (χ0v) is 16.0. The number of amides is 2. The lowest BCUT2D eigenvalue weighted by Gasteiger charge is -2.35. The minimum absolute atomic E-state index is 0.137. The number of aliphatic hydroxyl groups excluding tert-OH is 1. The molecule has 0 radical (unpaired) electrons. The maximum absolute atomic E-state index is 12.2. The van der Waals surface area contributed by atoms with Gasteiger partial charge in [-0.1, -0.05) is 45.9 Å². The SMILES string of the molecule is CC(C)[C@@H](O)C(C)(C)CNC(=O)NC1CCN(c2ccccc2)CC1. The van der Waals surface area contributed by atoms with Gasteiger partial charge in [0.2, 0.25) is 0 Å². The molecule has 2 rings (SSSR count). The van der Waals surface area contributed by atoms with Gasteiger partial charge in [0.15, 0.2) is 0 Å². The van der Waals surface area contributed by atoms with Gasteiger partial charge in [-0.3, -0.25) is 0 Å². The van der Waals surface area contributed by atoms with Crippen molar-refractivity contribution >= 4 is 11.7 Å². The third-order valence-corrected chi connectivity index (χ3v) is 5.09. The minimum atomic E-state index is -0.443. The number of hydrogen-bond acceptors (Lipinski definition) is 3. The quantitative estimate of drug-likeness (QED) is 0.741. The van der Waals surface area contributed by atoms with Crippen LogP contribution in [0, 0.1) is 11.3 Å². The maximum Gasteiger partial charge on any atom is 0.315 e. The highest BCUT2D eigenvalue weighted by Gasteiger charge is 2.31. The summed E-state index contributed by atoms with van der Waals surface area (Å²) in [7, 11) is 0. The Balaban J connectivity index is 1.73. The first-order valence-electron chi connectivity index (χ1n) is 9.32. The Morgan fingerprint density at radius 1 is 1.24 bits per heavy atom. The van der Waals surface area contributed by atoms with Gasteiger partial charge in [-0.05, 0) is 30.9 Å². The Kier molecular flexibility index (Phi) is 6.71. The summed E-state index contributed by atoms with van der Waals surface area (Å²) in [4.78, 5) is 14.5. The molecule has 25 heavy (non-hydrogen) atoms. The minimum Gasteiger partial charge on any atom is -0.392 e. The van der Waals surface area contributed by atoms with Crippen LogP contribution in [-0.4, -0.2) is 42.9 Å². The van der Waals surface area contributed by atoms with Crippen molar-refractivity contribution in [2.24, 2.45) is 11.3 Å². The Morgan fingerprint density at radius 3 is 2.40 bits per heavy atom. The Bertz CT molecular complexity index is 537. The lowest BCUT2D eigenvalue weighted by atomic mass is 9.81. The largest absolute Gasteiger partial charge is 0.392 e. The fourth-order valence-corrected chi connectivity index (χ4v) is 3.47. The van der Waals surface area contributed by atoms with Crippen molar-refractivity contribution in [2.45, 2.75) is 52.7 Å². The summed E-state index contributed by atoms with van der Waals surface area (Å²) < 4.78 is 0. The van der Waals surface area contributed by atoms with Crippen molar-refractivity contribution < 1.29 is 9.90 Å². The molecule has 5 nitrogen and oxygen atoms in total. The summed E-state index contributed by atoms with van der Waals surface area (Å²) in [6.07, 6.45) is 1.45. The summed E-state index contributed by atoms with van der Waals surface area (Å²) in [5.74, 6) is 0.169. The second-order valence-electron chi connectivity index (χ2n) is 8.10. The van der Waals surface area contributed by atoms with Gasteiger partial charge >= 0.3 is 6.03 Å². The lowest BCUT2D eigenvalue weighted by molar-refractivity contribution is 0.0151. The van der Waals surface area contributed by atoms with E-state index < -0.39 is 6.10 Å². The summed E-state index contributed by atoms with van der Waals surface area (Å²) in [6, 6.07) is 10.5. The molecule has 1 heterocycles. The van der Waals surface area contributed by atoms with Crippen LogP contribution >= 0.6 is 0 Å². The monoisotopic (exact) mass is 347 g/mol. The van der Waals surface area contributed by atoms with E-state index in [4.69, 9.17) is 0 Å². The van der Waals surface area contributed by atoms with Crippen molar-refractivity contribution in [2.75, 3.05) is 24.5 Å². The molecule has 0 aromatic heterocycles. The molecule has 0 unspecified atom stereocenters. The van der Waals surface area contributed by atoms with E-state index in [2.05, 4.69) is 39.8 Å². The summed E-state index contributed by atoms with van der Waals surface area (Å²) in [6.45, 7) is 10.3. The number of piperidine rings is 1. The van der Waals surface area contributed by atoms with E-state index >= 15 is 0 Å². The van der Waals surface area contributed by atoms with Crippen molar-refractivity contribution in [3.63, 3.8) is 0 Å². The molecule has 0 saturated carbocycles. The van der Waals surface area contributed by atoms with E-state index in [9.17, 15) is 9.90 Å². The van der Waals surface area contributed by atoms with Gasteiger partial charge in [0.1, 0.15) is 0 Å². The van der Waals surface area contributed by atoms with Gasteiger partial charge in [0, 0.05) is 36.8 Å². The normalized spacial score (nSPS) is 17.4. The average molecular weight is 348 g/mol. The average Bonchev–Trinajstić information content (AvgIpc) is 2.61. The molecule has 140 valence electrons. The summed E-state index contributed by atoms with van der Waals surface area (Å²) in [5, 5.41) is 16.2. The van der Waals surface area contributed by atoms with Crippen molar-refractivity contribution in [1.29, 1.82) is 0 Å².